The number of rotatable bonds is 3. The molecule has 1 unspecified atom stereocenters. The van der Waals surface area contributed by atoms with E-state index < -0.39 is 23.8 Å². The first-order chi connectivity index (χ1) is 9.90. The van der Waals surface area contributed by atoms with Crippen LogP contribution in [0.25, 0.3) is 0 Å². The Morgan fingerprint density at radius 2 is 2.05 bits per heavy atom. The molecule has 7 heteroatoms. The van der Waals surface area contributed by atoms with E-state index in [1.807, 2.05) is 0 Å². The highest BCUT2D eigenvalue weighted by Gasteiger charge is 2.33. The number of carbonyl (C=O) groups excluding carboxylic acids is 2. The van der Waals surface area contributed by atoms with E-state index in [1.165, 1.54) is 16.8 Å². The van der Waals surface area contributed by atoms with Crippen molar-refractivity contribution in [1.82, 2.24) is 9.80 Å². The van der Waals surface area contributed by atoms with Gasteiger partial charge in [-0.1, -0.05) is 24.3 Å². The number of benzene rings is 1. The normalized spacial score (nSPS) is 17.0. The lowest BCUT2D eigenvalue weighted by Gasteiger charge is -2.35. The van der Waals surface area contributed by atoms with E-state index >= 15 is 0 Å². The van der Waals surface area contributed by atoms with Crippen molar-refractivity contribution in [3.05, 3.63) is 35.4 Å². The minimum atomic E-state index is -0.975. The zero-order chi connectivity index (χ0) is 15.6. The summed E-state index contributed by atoms with van der Waals surface area (Å²) in [7, 11) is 1.46. The van der Waals surface area contributed by atoms with Crippen LogP contribution in [0.2, 0.25) is 0 Å². The molecule has 2 rings (SSSR count). The summed E-state index contributed by atoms with van der Waals surface area (Å²) in [5.41, 5.74) is 6.60. The number of nitrogens with zero attached hydrogens (tertiary/aromatic N) is 2. The minimum Gasteiger partial charge on any atom is -0.481 e. The van der Waals surface area contributed by atoms with Gasteiger partial charge in [0, 0.05) is 20.1 Å². The van der Waals surface area contributed by atoms with Gasteiger partial charge in [0.1, 0.15) is 6.54 Å². The molecule has 112 valence electrons. The Kier molecular flexibility index (Phi) is 4.11. The number of aliphatic carboxylic acids is 1. The van der Waals surface area contributed by atoms with Crippen LogP contribution in [0.5, 0.6) is 0 Å². The van der Waals surface area contributed by atoms with E-state index in [4.69, 9.17) is 5.73 Å². The predicted octanol–water partition coefficient (Wildman–Crippen LogP) is 0.207. The predicted molar refractivity (Wildman–Crippen MR) is 74.4 cm³/mol. The second kappa shape index (κ2) is 5.82. The molecule has 0 saturated heterocycles. The van der Waals surface area contributed by atoms with Gasteiger partial charge in [-0.25, -0.2) is 4.79 Å². The van der Waals surface area contributed by atoms with Crippen LogP contribution >= 0.6 is 0 Å². The van der Waals surface area contributed by atoms with Crippen molar-refractivity contribution >= 4 is 17.9 Å². The Bertz CT molecular complexity index is 587. The maximum atomic E-state index is 12.3. The van der Waals surface area contributed by atoms with Crippen LogP contribution in [0.15, 0.2) is 24.3 Å². The van der Waals surface area contributed by atoms with E-state index in [9.17, 15) is 19.5 Å². The van der Waals surface area contributed by atoms with Crippen LogP contribution < -0.4 is 5.73 Å². The van der Waals surface area contributed by atoms with Crippen molar-refractivity contribution in [3.8, 4) is 0 Å². The minimum absolute atomic E-state index is 0.0777. The second-order valence-corrected chi connectivity index (χ2v) is 5.08. The second-order valence-electron chi connectivity index (χ2n) is 5.08. The van der Waals surface area contributed by atoms with Gasteiger partial charge in [-0.15, -0.1) is 0 Å². The molecule has 0 bridgehead atoms. The molecule has 0 radical (unpaired) electrons. The molecular weight excluding hydrogens is 274 g/mol. The number of hydrogen-bond acceptors (Lipinski definition) is 3. The third-order valence-corrected chi connectivity index (χ3v) is 3.48. The molecular formula is C14H17N3O4. The van der Waals surface area contributed by atoms with Gasteiger partial charge >= 0.3 is 12.0 Å². The number of carboxylic acids is 1. The maximum absolute atomic E-state index is 12.3. The first-order valence-electron chi connectivity index (χ1n) is 6.49. The van der Waals surface area contributed by atoms with Gasteiger partial charge in [-0.2, -0.15) is 0 Å². The van der Waals surface area contributed by atoms with Crippen LogP contribution in [0.1, 0.15) is 17.0 Å². The fourth-order valence-electron chi connectivity index (χ4n) is 2.51. The molecule has 1 heterocycles. The van der Waals surface area contributed by atoms with Crippen LogP contribution in [0, 0.1) is 0 Å². The van der Waals surface area contributed by atoms with Gasteiger partial charge in [0.05, 0.1) is 5.92 Å². The Morgan fingerprint density at radius 1 is 1.38 bits per heavy atom. The number of amides is 3. The number of carboxylic acid groups (broad SMARTS) is 1. The topological polar surface area (TPSA) is 104 Å². The largest absolute Gasteiger partial charge is 0.481 e. The number of hydrogen-bond donors (Lipinski definition) is 2. The van der Waals surface area contributed by atoms with E-state index in [0.717, 1.165) is 11.1 Å². The summed E-state index contributed by atoms with van der Waals surface area (Å²) in [6.07, 6.45) is 0. The lowest BCUT2D eigenvalue weighted by Crippen LogP contribution is -2.48. The van der Waals surface area contributed by atoms with E-state index in [-0.39, 0.29) is 13.1 Å². The molecule has 0 aliphatic carbocycles. The molecule has 0 saturated carbocycles. The Labute approximate surface area is 121 Å². The lowest BCUT2D eigenvalue weighted by atomic mass is 9.90. The first kappa shape index (κ1) is 14.8. The fourth-order valence-corrected chi connectivity index (χ4v) is 2.51. The molecule has 1 atom stereocenters. The van der Waals surface area contributed by atoms with Gasteiger partial charge in [0.25, 0.3) is 0 Å². The Hall–Kier alpha value is -2.57. The van der Waals surface area contributed by atoms with Gasteiger partial charge < -0.3 is 20.6 Å². The number of likely N-dealkylation sites (N-methyl/N-ethyl adjacent to an activating group) is 1. The van der Waals surface area contributed by atoms with Crippen molar-refractivity contribution in [2.75, 3.05) is 20.1 Å². The third kappa shape index (κ3) is 3.13. The smallest absolute Gasteiger partial charge is 0.320 e. The summed E-state index contributed by atoms with van der Waals surface area (Å²) in [5.74, 6) is -2.35. The van der Waals surface area contributed by atoms with Crippen LogP contribution in [-0.4, -0.2) is 53.0 Å². The number of primary amides is 1. The molecule has 3 N–H and O–H groups in total. The van der Waals surface area contributed by atoms with Crippen LogP contribution in [-0.2, 0) is 16.1 Å². The van der Waals surface area contributed by atoms with Gasteiger partial charge in [0.15, 0.2) is 0 Å². The molecule has 0 fully saturated rings. The molecule has 3 amide bonds. The monoisotopic (exact) mass is 291 g/mol. The maximum Gasteiger partial charge on any atom is 0.320 e. The Balaban J connectivity index is 2.23. The Morgan fingerprint density at radius 3 is 2.67 bits per heavy atom. The molecule has 0 aromatic heterocycles. The van der Waals surface area contributed by atoms with Crippen molar-refractivity contribution in [2.45, 2.75) is 12.5 Å². The highest BCUT2D eigenvalue weighted by Crippen LogP contribution is 2.28. The average molecular weight is 291 g/mol. The summed E-state index contributed by atoms with van der Waals surface area (Å²) in [6, 6.07) is 6.75. The van der Waals surface area contributed by atoms with Gasteiger partial charge in [-0.05, 0) is 11.1 Å². The van der Waals surface area contributed by atoms with E-state index in [1.54, 1.807) is 24.3 Å². The number of urea groups is 1. The zero-order valence-electron chi connectivity index (χ0n) is 11.7. The van der Waals surface area contributed by atoms with E-state index in [2.05, 4.69) is 0 Å². The summed E-state index contributed by atoms with van der Waals surface area (Å²) in [4.78, 5) is 37.2. The van der Waals surface area contributed by atoms with E-state index in [0.29, 0.717) is 6.54 Å². The molecule has 1 aromatic rings. The summed E-state index contributed by atoms with van der Waals surface area (Å²) >= 11 is 0. The highest BCUT2D eigenvalue weighted by atomic mass is 16.4. The standard InChI is InChI=1S/C14H17N3O4/c1-16(8-12(15)18)14(21)17-6-9-4-2-3-5-10(9)11(7-17)13(19)20/h2-5,11H,6-8H2,1H3,(H2,15,18)(H,19,20). The van der Waals surface area contributed by atoms with Crippen molar-refractivity contribution in [2.24, 2.45) is 5.73 Å². The van der Waals surface area contributed by atoms with Crippen molar-refractivity contribution in [3.63, 3.8) is 0 Å². The molecule has 7 nitrogen and oxygen atoms in total. The average Bonchev–Trinajstić information content (AvgIpc) is 2.44. The van der Waals surface area contributed by atoms with Crippen molar-refractivity contribution in [1.29, 1.82) is 0 Å². The summed E-state index contributed by atoms with van der Waals surface area (Å²) in [6.45, 7) is 0.199. The van der Waals surface area contributed by atoms with Crippen LogP contribution in [0.3, 0.4) is 0 Å². The number of fused-ring (bicyclic) bond motifs is 1. The lowest BCUT2D eigenvalue weighted by molar-refractivity contribution is -0.139. The third-order valence-electron chi connectivity index (χ3n) is 3.48. The molecule has 21 heavy (non-hydrogen) atoms. The highest BCUT2D eigenvalue weighted by molar-refractivity contribution is 5.84. The van der Waals surface area contributed by atoms with Crippen molar-refractivity contribution < 1.29 is 19.5 Å². The molecule has 0 spiro atoms. The summed E-state index contributed by atoms with van der Waals surface area (Å²) < 4.78 is 0. The number of carbonyl (C=O) groups is 3. The SMILES string of the molecule is CN(CC(N)=O)C(=O)N1Cc2ccccc2C(C(=O)O)C1. The zero-order valence-corrected chi connectivity index (χ0v) is 11.7. The fraction of sp³-hybridized carbons (Fsp3) is 0.357. The molecule has 1 aliphatic heterocycles. The first-order valence-corrected chi connectivity index (χ1v) is 6.49. The summed E-state index contributed by atoms with van der Waals surface area (Å²) in [5, 5.41) is 9.34. The quantitative estimate of drug-likeness (QED) is 0.830. The van der Waals surface area contributed by atoms with Gasteiger partial charge in [0.2, 0.25) is 5.91 Å². The molecule has 1 aliphatic rings. The number of nitrogens with two attached hydrogens (primary N) is 1. The molecule has 1 aromatic carbocycles. The van der Waals surface area contributed by atoms with Gasteiger partial charge in [-0.3, -0.25) is 9.59 Å². The van der Waals surface area contributed by atoms with Crippen LogP contribution in [0.4, 0.5) is 4.79 Å².